The number of nitrogens with zero attached hydrogens (tertiary/aromatic N) is 1. The molecule has 1 saturated heterocycles. The van der Waals surface area contributed by atoms with Crippen molar-refractivity contribution < 1.29 is 14.1 Å². The number of amides is 2. The first-order valence-electron chi connectivity index (χ1n) is 7.83. The highest BCUT2D eigenvalue weighted by molar-refractivity contribution is 5.73. The monoisotopic (exact) mass is 315 g/mol. The summed E-state index contributed by atoms with van der Waals surface area (Å²) in [6.07, 6.45) is 1.00. The quantitative estimate of drug-likeness (QED) is 0.889. The van der Waals surface area contributed by atoms with Crippen LogP contribution in [0.5, 0.6) is 0 Å². The smallest absolute Gasteiger partial charge is 0.315 e. The third kappa shape index (κ3) is 4.32. The summed E-state index contributed by atoms with van der Waals surface area (Å²) in [7, 11) is 0. The zero-order valence-corrected chi connectivity index (χ0v) is 13.2. The lowest BCUT2D eigenvalue weighted by atomic mass is 10.1. The maximum atomic E-state index is 11.8. The Balaban J connectivity index is 1.47. The van der Waals surface area contributed by atoms with E-state index in [9.17, 15) is 4.79 Å². The molecule has 2 aromatic rings. The van der Waals surface area contributed by atoms with Crippen molar-refractivity contribution in [2.45, 2.75) is 19.9 Å². The van der Waals surface area contributed by atoms with E-state index in [-0.39, 0.29) is 6.03 Å². The molecule has 0 saturated carbocycles. The lowest BCUT2D eigenvalue weighted by molar-refractivity contribution is 0.185. The molecule has 23 heavy (non-hydrogen) atoms. The lowest BCUT2D eigenvalue weighted by Crippen LogP contribution is -2.37. The number of hydrogen-bond donors (Lipinski definition) is 2. The average Bonchev–Trinajstić information content (AvgIpc) is 3.23. The first-order valence-corrected chi connectivity index (χ1v) is 7.83. The van der Waals surface area contributed by atoms with Crippen LogP contribution in [-0.4, -0.2) is 30.9 Å². The van der Waals surface area contributed by atoms with Gasteiger partial charge in [0.05, 0.1) is 13.2 Å². The molecule has 1 aromatic heterocycles. The highest BCUT2D eigenvalue weighted by atomic mass is 16.5. The maximum absolute atomic E-state index is 11.8. The summed E-state index contributed by atoms with van der Waals surface area (Å²) in [5, 5.41) is 9.66. The van der Waals surface area contributed by atoms with Gasteiger partial charge in [0.2, 0.25) is 0 Å². The summed E-state index contributed by atoms with van der Waals surface area (Å²) in [6, 6.07) is 9.70. The second-order valence-electron chi connectivity index (χ2n) is 5.84. The van der Waals surface area contributed by atoms with Crippen molar-refractivity contribution in [2.24, 2.45) is 5.92 Å². The van der Waals surface area contributed by atoms with Crippen LogP contribution in [0.4, 0.5) is 4.79 Å². The van der Waals surface area contributed by atoms with Crippen molar-refractivity contribution >= 4 is 6.03 Å². The van der Waals surface area contributed by atoms with E-state index in [1.165, 1.54) is 5.56 Å². The van der Waals surface area contributed by atoms with Crippen molar-refractivity contribution in [3.63, 3.8) is 0 Å². The number of benzene rings is 1. The number of rotatable bonds is 5. The lowest BCUT2D eigenvalue weighted by Gasteiger charge is -2.09. The molecule has 1 aliphatic heterocycles. The number of aromatic nitrogens is 1. The van der Waals surface area contributed by atoms with Crippen molar-refractivity contribution in [1.29, 1.82) is 0 Å². The van der Waals surface area contributed by atoms with Gasteiger partial charge in [-0.05, 0) is 13.3 Å². The third-order valence-corrected chi connectivity index (χ3v) is 3.90. The van der Waals surface area contributed by atoms with Crippen LogP contribution in [0, 0.1) is 12.8 Å². The van der Waals surface area contributed by atoms with E-state index in [0.717, 1.165) is 30.9 Å². The van der Waals surface area contributed by atoms with Gasteiger partial charge in [0.15, 0.2) is 5.76 Å². The molecular weight excluding hydrogens is 294 g/mol. The van der Waals surface area contributed by atoms with E-state index in [2.05, 4.69) is 15.8 Å². The normalized spacial score (nSPS) is 17.2. The number of carbonyl (C=O) groups excluding carboxylic acids is 1. The van der Waals surface area contributed by atoms with Gasteiger partial charge >= 0.3 is 6.03 Å². The summed E-state index contributed by atoms with van der Waals surface area (Å²) < 4.78 is 10.5. The van der Waals surface area contributed by atoms with E-state index in [0.29, 0.717) is 24.8 Å². The molecule has 2 heterocycles. The van der Waals surface area contributed by atoms with Crippen LogP contribution < -0.4 is 10.6 Å². The van der Waals surface area contributed by atoms with Crippen LogP contribution in [-0.2, 0) is 11.3 Å². The topological polar surface area (TPSA) is 76.4 Å². The fourth-order valence-electron chi connectivity index (χ4n) is 2.47. The summed E-state index contributed by atoms with van der Waals surface area (Å²) in [5.41, 5.74) is 2.96. The minimum Gasteiger partial charge on any atom is -0.381 e. The largest absolute Gasteiger partial charge is 0.381 e. The van der Waals surface area contributed by atoms with E-state index in [1.54, 1.807) is 0 Å². The number of carbonyl (C=O) groups is 1. The Bertz CT molecular complexity index is 645. The predicted molar refractivity (Wildman–Crippen MR) is 85.8 cm³/mol. The number of urea groups is 1. The molecule has 122 valence electrons. The third-order valence-electron chi connectivity index (χ3n) is 3.90. The average molecular weight is 315 g/mol. The van der Waals surface area contributed by atoms with Gasteiger partial charge in [-0.25, -0.2) is 4.79 Å². The Morgan fingerprint density at radius 1 is 1.30 bits per heavy atom. The Morgan fingerprint density at radius 3 is 2.87 bits per heavy atom. The van der Waals surface area contributed by atoms with Crippen molar-refractivity contribution in [3.8, 4) is 11.3 Å². The second-order valence-corrected chi connectivity index (χ2v) is 5.84. The zero-order chi connectivity index (χ0) is 16.1. The molecule has 1 aliphatic rings. The molecule has 1 aromatic carbocycles. The van der Waals surface area contributed by atoms with Gasteiger partial charge in [-0.2, -0.15) is 0 Å². The highest BCUT2D eigenvalue weighted by Crippen LogP contribution is 2.19. The molecule has 2 amide bonds. The fraction of sp³-hybridized carbons (Fsp3) is 0.412. The summed E-state index contributed by atoms with van der Waals surface area (Å²) in [6.45, 7) is 4.50. The minimum absolute atomic E-state index is 0.204. The Kier molecular flexibility index (Phi) is 4.92. The molecule has 1 atom stereocenters. The molecule has 0 unspecified atom stereocenters. The van der Waals surface area contributed by atoms with Crippen LogP contribution in [0.25, 0.3) is 11.3 Å². The van der Waals surface area contributed by atoms with Crippen LogP contribution in [0.1, 0.15) is 17.7 Å². The number of ether oxygens (including phenoxy) is 1. The Morgan fingerprint density at radius 2 is 2.13 bits per heavy atom. The Labute approximate surface area is 135 Å². The van der Waals surface area contributed by atoms with E-state index >= 15 is 0 Å². The molecule has 2 N–H and O–H groups in total. The second kappa shape index (κ2) is 7.28. The van der Waals surface area contributed by atoms with Crippen LogP contribution in [0.2, 0.25) is 0 Å². The van der Waals surface area contributed by atoms with Gasteiger partial charge in [0, 0.05) is 30.7 Å². The van der Waals surface area contributed by atoms with Crippen LogP contribution in [0.3, 0.4) is 0 Å². The molecular formula is C17H21N3O3. The zero-order valence-electron chi connectivity index (χ0n) is 13.2. The first-order chi connectivity index (χ1) is 11.2. The van der Waals surface area contributed by atoms with Gasteiger partial charge in [0.1, 0.15) is 5.69 Å². The van der Waals surface area contributed by atoms with Crippen LogP contribution in [0.15, 0.2) is 34.9 Å². The minimum atomic E-state index is -0.204. The summed E-state index contributed by atoms with van der Waals surface area (Å²) in [4.78, 5) is 11.8. The highest BCUT2D eigenvalue weighted by Gasteiger charge is 2.16. The van der Waals surface area contributed by atoms with E-state index in [1.807, 2.05) is 37.3 Å². The van der Waals surface area contributed by atoms with Crippen LogP contribution >= 0.6 is 0 Å². The summed E-state index contributed by atoms with van der Waals surface area (Å²) >= 11 is 0. The van der Waals surface area contributed by atoms with E-state index < -0.39 is 0 Å². The predicted octanol–water partition coefficient (Wildman–Crippen LogP) is 2.49. The van der Waals surface area contributed by atoms with Gasteiger partial charge in [-0.15, -0.1) is 0 Å². The molecule has 6 nitrogen and oxygen atoms in total. The molecule has 1 fully saturated rings. The van der Waals surface area contributed by atoms with Crippen molar-refractivity contribution in [3.05, 3.63) is 41.7 Å². The van der Waals surface area contributed by atoms with Gasteiger partial charge < -0.3 is 19.9 Å². The van der Waals surface area contributed by atoms with Gasteiger partial charge in [0.25, 0.3) is 0 Å². The number of hydrogen-bond acceptors (Lipinski definition) is 4. The summed E-state index contributed by atoms with van der Waals surface area (Å²) in [5.74, 6) is 1.04. The van der Waals surface area contributed by atoms with E-state index in [4.69, 9.17) is 9.26 Å². The molecule has 0 spiro atoms. The maximum Gasteiger partial charge on any atom is 0.315 e. The molecule has 0 bridgehead atoms. The number of aryl methyl sites for hydroxylation is 1. The van der Waals surface area contributed by atoms with Crippen molar-refractivity contribution in [2.75, 3.05) is 19.8 Å². The molecule has 0 aliphatic carbocycles. The van der Waals surface area contributed by atoms with Gasteiger partial charge in [-0.1, -0.05) is 35.0 Å². The molecule has 3 rings (SSSR count). The molecule has 6 heteroatoms. The van der Waals surface area contributed by atoms with Crippen molar-refractivity contribution in [1.82, 2.24) is 15.8 Å². The number of nitrogens with one attached hydrogen (secondary N) is 2. The first kappa shape index (κ1) is 15.6. The standard InChI is InChI=1S/C17H21N3O3/c1-12-2-4-14(5-3-12)16-8-15(23-20-16)10-19-17(21)18-9-13-6-7-22-11-13/h2-5,8,13H,6-7,9-11H2,1H3,(H2,18,19,21)/t13-/m1/s1. The fourth-order valence-corrected chi connectivity index (χ4v) is 2.47. The SMILES string of the molecule is Cc1ccc(-c2cc(CNC(=O)NC[C@H]3CCOC3)on2)cc1. The Hall–Kier alpha value is -2.34. The molecule has 0 radical (unpaired) electrons. The van der Waals surface area contributed by atoms with Gasteiger partial charge in [-0.3, -0.25) is 0 Å².